The van der Waals surface area contributed by atoms with Crippen molar-refractivity contribution in [3.8, 4) is 0 Å². The fourth-order valence-corrected chi connectivity index (χ4v) is 2.13. The van der Waals surface area contributed by atoms with E-state index in [0.29, 0.717) is 13.2 Å². The highest BCUT2D eigenvalue weighted by molar-refractivity contribution is 5.86. The van der Waals surface area contributed by atoms with Gasteiger partial charge >= 0.3 is 11.7 Å². The molecule has 1 fully saturated rings. The second kappa shape index (κ2) is 5.41. The highest BCUT2D eigenvalue weighted by atomic mass is 16.6. The van der Waals surface area contributed by atoms with E-state index < -0.39 is 16.4 Å². The molecule has 2 rings (SSSR count). The molecule has 0 amide bonds. The monoisotopic (exact) mass is 281 g/mol. The van der Waals surface area contributed by atoms with Crippen molar-refractivity contribution in [3.05, 3.63) is 27.9 Å². The van der Waals surface area contributed by atoms with Gasteiger partial charge in [-0.15, -0.1) is 0 Å². The van der Waals surface area contributed by atoms with Gasteiger partial charge in [-0.05, 0) is 25.8 Å². The van der Waals surface area contributed by atoms with Gasteiger partial charge in [0.05, 0.1) is 17.1 Å². The van der Waals surface area contributed by atoms with Gasteiger partial charge in [-0.3, -0.25) is 10.1 Å². The number of nitrogens with zero attached hydrogens (tertiary/aromatic N) is 2. The highest BCUT2D eigenvalue weighted by Crippen LogP contribution is 2.29. The Morgan fingerprint density at radius 1 is 1.60 bits per heavy atom. The van der Waals surface area contributed by atoms with Gasteiger partial charge in [0.25, 0.3) is 0 Å². The summed E-state index contributed by atoms with van der Waals surface area (Å²) in [6.45, 7) is 2.91. The van der Waals surface area contributed by atoms with E-state index in [1.54, 1.807) is 0 Å². The average molecular weight is 281 g/mol. The zero-order valence-electron chi connectivity index (χ0n) is 11.0. The van der Waals surface area contributed by atoms with Gasteiger partial charge in [-0.25, -0.2) is 9.78 Å². The smallest absolute Gasteiger partial charge is 0.354 e. The van der Waals surface area contributed by atoms with E-state index in [1.807, 2.05) is 6.92 Å². The summed E-state index contributed by atoms with van der Waals surface area (Å²) in [6, 6.07) is 2.26. The Morgan fingerprint density at radius 3 is 2.90 bits per heavy atom. The van der Waals surface area contributed by atoms with Gasteiger partial charge in [0, 0.05) is 12.7 Å². The molecule has 1 aliphatic rings. The van der Waals surface area contributed by atoms with Crippen molar-refractivity contribution in [3.63, 3.8) is 0 Å². The van der Waals surface area contributed by atoms with Gasteiger partial charge in [-0.2, -0.15) is 0 Å². The number of pyridine rings is 1. The van der Waals surface area contributed by atoms with Crippen LogP contribution in [0.2, 0.25) is 0 Å². The van der Waals surface area contributed by atoms with Crippen molar-refractivity contribution in [2.24, 2.45) is 0 Å². The summed E-state index contributed by atoms with van der Waals surface area (Å²) in [5.41, 5.74) is -0.979. The number of aromatic carboxylic acids is 1. The molecular weight excluding hydrogens is 266 g/mol. The van der Waals surface area contributed by atoms with Crippen LogP contribution in [-0.2, 0) is 4.74 Å². The fraction of sp³-hybridized carbons (Fsp3) is 0.500. The molecule has 1 atom stereocenters. The van der Waals surface area contributed by atoms with E-state index in [0.717, 1.165) is 25.0 Å². The SMILES string of the molecule is CC1(Nc2nc(C(=O)O)ccc2[N+](=O)[O-])CCCOC1. The molecule has 108 valence electrons. The molecule has 1 aromatic rings. The van der Waals surface area contributed by atoms with E-state index in [4.69, 9.17) is 9.84 Å². The first-order valence-electron chi connectivity index (χ1n) is 6.16. The Labute approximate surface area is 114 Å². The number of hydrogen-bond acceptors (Lipinski definition) is 6. The molecule has 0 radical (unpaired) electrons. The van der Waals surface area contributed by atoms with E-state index in [1.165, 1.54) is 0 Å². The Hall–Kier alpha value is -2.22. The van der Waals surface area contributed by atoms with Crippen LogP contribution in [0.4, 0.5) is 11.5 Å². The summed E-state index contributed by atoms with van der Waals surface area (Å²) in [7, 11) is 0. The number of nitro groups is 1. The minimum absolute atomic E-state index is 0.0390. The number of nitrogens with one attached hydrogen (secondary N) is 1. The lowest BCUT2D eigenvalue weighted by Gasteiger charge is -2.34. The van der Waals surface area contributed by atoms with Crippen molar-refractivity contribution in [2.45, 2.75) is 25.3 Å². The van der Waals surface area contributed by atoms with Gasteiger partial charge in [0.1, 0.15) is 0 Å². The maximum absolute atomic E-state index is 11.0. The second-order valence-corrected chi connectivity index (χ2v) is 4.97. The summed E-state index contributed by atoms with van der Waals surface area (Å²) in [5.74, 6) is -1.27. The third kappa shape index (κ3) is 3.02. The number of rotatable bonds is 4. The van der Waals surface area contributed by atoms with E-state index in [9.17, 15) is 14.9 Å². The van der Waals surface area contributed by atoms with Gasteiger partial charge < -0.3 is 15.2 Å². The first-order valence-corrected chi connectivity index (χ1v) is 6.16. The van der Waals surface area contributed by atoms with Crippen LogP contribution in [0.5, 0.6) is 0 Å². The van der Waals surface area contributed by atoms with E-state index >= 15 is 0 Å². The number of anilines is 1. The van der Waals surface area contributed by atoms with Crippen molar-refractivity contribution in [1.82, 2.24) is 4.98 Å². The van der Waals surface area contributed by atoms with Gasteiger partial charge in [0.2, 0.25) is 5.82 Å². The van der Waals surface area contributed by atoms with Crippen LogP contribution in [0.1, 0.15) is 30.3 Å². The van der Waals surface area contributed by atoms with Crippen molar-refractivity contribution in [1.29, 1.82) is 0 Å². The normalized spacial score (nSPS) is 22.2. The number of carboxylic acids is 1. The summed E-state index contributed by atoms with van der Waals surface area (Å²) in [4.78, 5) is 25.2. The van der Waals surface area contributed by atoms with Crippen molar-refractivity contribution in [2.75, 3.05) is 18.5 Å². The van der Waals surface area contributed by atoms with Gasteiger partial charge in [-0.1, -0.05) is 0 Å². The second-order valence-electron chi connectivity index (χ2n) is 4.97. The summed E-state index contributed by atoms with van der Waals surface area (Å²) < 4.78 is 5.36. The van der Waals surface area contributed by atoms with Crippen LogP contribution in [0.3, 0.4) is 0 Å². The van der Waals surface area contributed by atoms with Crippen LogP contribution in [0, 0.1) is 10.1 Å². The third-order valence-electron chi connectivity index (χ3n) is 3.15. The first-order chi connectivity index (χ1) is 9.41. The molecule has 0 saturated carbocycles. The van der Waals surface area contributed by atoms with Crippen LogP contribution in [0.25, 0.3) is 0 Å². The maximum atomic E-state index is 11.0. The number of carbonyl (C=O) groups is 1. The molecule has 0 bridgehead atoms. The van der Waals surface area contributed by atoms with Crippen LogP contribution >= 0.6 is 0 Å². The lowest BCUT2D eigenvalue weighted by Crippen LogP contribution is -2.43. The number of aromatic nitrogens is 1. The zero-order chi connectivity index (χ0) is 14.8. The molecular formula is C12H15N3O5. The molecule has 1 unspecified atom stereocenters. The Kier molecular flexibility index (Phi) is 3.84. The molecule has 20 heavy (non-hydrogen) atoms. The predicted octanol–water partition coefficient (Wildman–Crippen LogP) is 1.67. The Balaban J connectivity index is 2.34. The molecule has 2 heterocycles. The predicted molar refractivity (Wildman–Crippen MR) is 69.9 cm³/mol. The summed E-state index contributed by atoms with van der Waals surface area (Å²) in [6.07, 6.45) is 1.60. The molecule has 0 aromatic carbocycles. The van der Waals surface area contributed by atoms with Gasteiger partial charge in [0.15, 0.2) is 5.69 Å². The van der Waals surface area contributed by atoms with Crippen LogP contribution in [-0.4, -0.2) is 39.7 Å². The topological polar surface area (TPSA) is 115 Å². The van der Waals surface area contributed by atoms with Crippen molar-refractivity contribution < 1.29 is 19.6 Å². The molecule has 1 aliphatic heterocycles. The summed E-state index contributed by atoms with van der Waals surface area (Å²) >= 11 is 0. The molecule has 1 aromatic heterocycles. The largest absolute Gasteiger partial charge is 0.477 e. The number of hydrogen-bond donors (Lipinski definition) is 2. The molecule has 8 heteroatoms. The van der Waals surface area contributed by atoms with Crippen molar-refractivity contribution >= 4 is 17.5 Å². The lowest BCUT2D eigenvalue weighted by molar-refractivity contribution is -0.384. The average Bonchev–Trinajstić information content (AvgIpc) is 2.38. The quantitative estimate of drug-likeness (QED) is 0.637. The molecule has 1 saturated heterocycles. The summed E-state index contributed by atoms with van der Waals surface area (Å²) in [5, 5.41) is 22.9. The standard InChI is InChI=1S/C12H15N3O5/c1-12(5-2-6-20-7-12)14-10-9(15(18)19)4-3-8(13-10)11(16)17/h3-4H,2,5-7H2,1H3,(H,13,14)(H,16,17). The maximum Gasteiger partial charge on any atom is 0.354 e. The van der Waals surface area contributed by atoms with E-state index in [-0.39, 0.29) is 17.2 Å². The van der Waals surface area contributed by atoms with E-state index in [2.05, 4.69) is 10.3 Å². The highest BCUT2D eigenvalue weighted by Gasteiger charge is 2.31. The first kappa shape index (κ1) is 14.2. The minimum atomic E-state index is -1.23. The third-order valence-corrected chi connectivity index (χ3v) is 3.15. The number of carboxylic acid groups (broad SMARTS) is 1. The van der Waals surface area contributed by atoms with Crippen LogP contribution < -0.4 is 5.32 Å². The molecule has 8 nitrogen and oxygen atoms in total. The lowest BCUT2D eigenvalue weighted by atomic mass is 9.95. The number of ether oxygens (including phenoxy) is 1. The minimum Gasteiger partial charge on any atom is -0.477 e. The molecule has 0 spiro atoms. The molecule has 2 N–H and O–H groups in total. The zero-order valence-corrected chi connectivity index (χ0v) is 11.0. The molecule has 0 aliphatic carbocycles. The Bertz CT molecular complexity index is 540. The van der Waals surface area contributed by atoms with Crippen LogP contribution in [0.15, 0.2) is 12.1 Å². The Morgan fingerprint density at radius 2 is 2.35 bits per heavy atom. The fourth-order valence-electron chi connectivity index (χ4n) is 2.13.